The van der Waals surface area contributed by atoms with Gasteiger partial charge in [-0.2, -0.15) is 0 Å². The van der Waals surface area contributed by atoms with Crippen molar-refractivity contribution in [1.29, 1.82) is 0 Å². The van der Waals surface area contributed by atoms with Crippen molar-refractivity contribution < 1.29 is 9.53 Å². The first-order valence-electron chi connectivity index (χ1n) is 7.70. The van der Waals surface area contributed by atoms with Crippen molar-refractivity contribution >= 4 is 6.09 Å². The van der Waals surface area contributed by atoms with Crippen LogP contribution in [0.2, 0.25) is 0 Å². The number of amides is 1. The van der Waals surface area contributed by atoms with E-state index >= 15 is 0 Å². The molecule has 1 spiro atoms. The third-order valence-corrected chi connectivity index (χ3v) is 4.48. The van der Waals surface area contributed by atoms with E-state index in [9.17, 15) is 4.79 Å². The van der Waals surface area contributed by atoms with E-state index in [0.29, 0.717) is 18.1 Å². The van der Waals surface area contributed by atoms with Crippen molar-refractivity contribution in [2.24, 2.45) is 11.3 Å². The molecule has 0 radical (unpaired) electrons. The van der Waals surface area contributed by atoms with Gasteiger partial charge < -0.3 is 15.0 Å². The average Bonchev–Trinajstić information content (AvgIpc) is 2.73. The average molecular weight is 268 g/mol. The lowest BCUT2D eigenvalue weighted by molar-refractivity contribution is 0.0763. The summed E-state index contributed by atoms with van der Waals surface area (Å²) < 4.78 is 5.08. The minimum Gasteiger partial charge on any atom is -0.450 e. The van der Waals surface area contributed by atoms with Crippen molar-refractivity contribution in [1.82, 2.24) is 10.2 Å². The molecule has 0 bridgehead atoms. The largest absolute Gasteiger partial charge is 0.450 e. The zero-order valence-electron chi connectivity index (χ0n) is 12.6. The smallest absolute Gasteiger partial charge is 0.409 e. The molecule has 1 aliphatic heterocycles. The van der Waals surface area contributed by atoms with Crippen LogP contribution in [0.25, 0.3) is 0 Å². The fraction of sp³-hybridized carbons (Fsp3) is 0.933. The van der Waals surface area contributed by atoms with Crippen LogP contribution in [0.3, 0.4) is 0 Å². The Morgan fingerprint density at radius 1 is 1.47 bits per heavy atom. The molecule has 1 aliphatic carbocycles. The number of hydrogen-bond donors (Lipinski definition) is 1. The van der Waals surface area contributed by atoms with Gasteiger partial charge in [0.1, 0.15) is 0 Å². The highest BCUT2D eigenvalue weighted by molar-refractivity contribution is 5.68. The Morgan fingerprint density at radius 2 is 2.21 bits per heavy atom. The Labute approximate surface area is 116 Å². The van der Waals surface area contributed by atoms with Crippen molar-refractivity contribution in [3.8, 4) is 0 Å². The summed E-state index contributed by atoms with van der Waals surface area (Å²) in [5.74, 6) is 0.771. The number of nitrogens with zero attached hydrogens (tertiary/aromatic N) is 1. The first kappa shape index (κ1) is 14.6. The molecule has 2 rings (SSSR count). The summed E-state index contributed by atoms with van der Waals surface area (Å²) in [6, 6.07) is 0.667. The third-order valence-electron chi connectivity index (χ3n) is 4.48. The molecule has 0 atom stereocenters. The maximum Gasteiger partial charge on any atom is 0.409 e. The quantitative estimate of drug-likeness (QED) is 0.833. The van der Waals surface area contributed by atoms with Gasteiger partial charge in [-0.1, -0.05) is 13.8 Å². The minimum atomic E-state index is -0.129. The molecule has 4 heteroatoms. The maximum absolute atomic E-state index is 11.7. The van der Waals surface area contributed by atoms with E-state index in [1.165, 1.54) is 19.3 Å². The first-order chi connectivity index (χ1) is 9.04. The molecule has 0 aromatic carbocycles. The van der Waals surface area contributed by atoms with Crippen molar-refractivity contribution in [2.75, 3.05) is 26.2 Å². The highest BCUT2D eigenvalue weighted by atomic mass is 16.6. The first-order valence-corrected chi connectivity index (χ1v) is 7.70. The van der Waals surface area contributed by atoms with Crippen LogP contribution in [0.5, 0.6) is 0 Å². The zero-order chi connectivity index (χ0) is 13.9. The van der Waals surface area contributed by atoms with Crippen LogP contribution >= 0.6 is 0 Å². The molecule has 4 nitrogen and oxygen atoms in total. The summed E-state index contributed by atoms with van der Waals surface area (Å²) in [5, 5.41) is 3.64. The fourth-order valence-electron chi connectivity index (χ4n) is 3.35. The molecule has 1 heterocycles. The highest BCUT2D eigenvalue weighted by Crippen LogP contribution is 2.48. The number of likely N-dealkylation sites (tertiary alicyclic amines) is 1. The molecular formula is C15H28N2O2. The van der Waals surface area contributed by atoms with Gasteiger partial charge in [0.15, 0.2) is 0 Å². The molecule has 0 aromatic heterocycles. The van der Waals surface area contributed by atoms with Gasteiger partial charge in [-0.25, -0.2) is 4.79 Å². The normalized spacial score (nSPS) is 29.9. The molecule has 1 saturated carbocycles. The summed E-state index contributed by atoms with van der Waals surface area (Å²) in [6.07, 6.45) is 4.71. The lowest BCUT2D eigenvalue weighted by Crippen LogP contribution is -2.50. The van der Waals surface area contributed by atoms with E-state index in [0.717, 1.165) is 32.0 Å². The van der Waals surface area contributed by atoms with Gasteiger partial charge in [-0.05, 0) is 50.5 Å². The molecule has 0 unspecified atom stereocenters. The predicted molar refractivity (Wildman–Crippen MR) is 76.1 cm³/mol. The molecule has 110 valence electrons. The van der Waals surface area contributed by atoms with Gasteiger partial charge >= 0.3 is 6.09 Å². The number of carbonyl (C=O) groups is 1. The Hall–Kier alpha value is -0.770. The summed E-state index contributed by atoms with van der Waals surface area (Å²) in [7, 11) is 0. The Bertz CT molecular complexity index is 311. The van der Waals surface area contributed by atoms with Crippen molar-refractivity contribution in [3.63, 3.8) is 0 Å². The van der Waals surface area contributed by atoms with Gasteiger partial charge in [0.2, 0.25) is 0 Å². The van der Waals surface area contributed by atoms with E-state index in [-0.39, 0.29) is 6.09 Å². The number of ether oxygens (including phenoxy) is 1. The van der Waals surface area contributed by atoms with Gasteiger partial charge in [0.05, 0.1) is 6.61 Å². The molecule has 2 fully saturated rings. The van der Waals surface area contributed by atoms with Crippen LogP contribution in [0, 0.1) is 11.3 Å². The molecule has 2 aliphatic rings. The standard InChI is InChI=1S/C15H28N2O2/c1-4-19-14(18)17-8-6-15(11-17)9-13(10-15)16-7-5-12(2)3/h12-13,16H,4-11H2,1-3H3. The third kappa shape index (κ3) is 3.62. The highest BCUT2D eigenvalue weighted by Gasteiger charge is 2.49. The Kier molecular flexibility index (Phi) is 4.71. The summed E-state index contributed by atoms with van der Waals surface area (Å²) >= 11 is 0. The predicted octanol–water partition coefficient (Wildman–Crippen LogP) is 2.63. The van der Waals surface area contributed by atoms with Crippen LogP contribution in [0.4, 0.5) is 4.79 Å². The second-order valence-corrected chi connectivity index (χ2v) is 6.61. The number of rotatable bonds is 5. The Morgan fingerprint density at radius 3 is 2.84 bits per heavy atom. The zero-order valence-corrected chi connectivity index (χ0v) is 12.6. The van der Waals surface area contributed by atoms with Crippen molar-refractivity contribution in [2.45, 2.75) is 52.5 Å². The lowest BCUT2D eigenvalue weighted by Gasteiger charge is -2.45. The van der Waals surface area contributed by atoms with Crippen molar-refractivity contribution in [3.05, 3.63) is 0 Å². The van der Waals surface area contributed by atoms with E-state index in [1.54, 1.807) is 0 Å². The molecule has 0 aromatic rings. The van der Waals surface area contributed by atoms with Gasteiger partial charge in [0.25, 0.3) is 0 Å². The molecule has 1 N–H and O–H groups in total. The van der Waals surface area contributed by atoms with Crippen LogP contribution < -0.4 is 5.32 Å². The molecular weight excluding hydrogens is 240 g/mol. The number of hydrogen-bond acceptors (Lipinski definition) is 3. The van der Waals surface area contributed by atoms with Crippen LogP contribution in [-0.4, -0.2) is 43.3 Å². The van der Waals surface area contributed by atoms with E-state index in [1.807, 2.05) is 11.8 Å². The van der Waals surface area contributed by atoms with Crippen LogP contribution in [0.1, 0.15) is 46.5 Å². The topological polar surface area (TPSA) is 41.6 Å². The Balaban J connectivity index is 1.67. The van der Waals surface area contributed by atoms with Gasteiger partial charge in [-0.15, -0.1) is 0 Å². The molecule has 1 saturated heterocycles. The maximum atomic E-state index is 11.7. The molecule has 1 amide bonds. The summed E-state index contributed by atoms with van der Waals surface area (Å²) in [6.45, 7) is 9.76. The second kappa shape index (κ2) is 6.12. The van der Waals surface area contributed by atoms with E-state index < -0.39 is 0 Å². The number of carbonyl (C=O) groups excluding carboxylic acids is 1. The second-order valence-electron chi connectivity index (χ2n) is 6.61. The summed E-state index contributed by atoms with van der Waals surface area (Å²) in [5.41, 5.74) is 0.391. The summed E-state index contributed by atoms with van der Waals surface area (Å²) in [4.78, 5) is 13.6. The fourth-order valence-corrected chi connectivity index (χ4v) is 3.35. The van der Waals surface area contributed by atoms with Crippen LogP contribution in [-0.2, 0) is 4.74 Å². The van der Waals surface area contributed by atoms with E-state index in [2.05, 4.69) is 19.2 Å². The van der Waals surface area contributed by atoms with E-state index in [4.69, 9.17) is 4.74 Å². The molecule has 19 heavy (non-hydrogen) atoms. The monoisotopic (exact) mass is 268 g/mol. The van der Waals surface area contributed by atoms with Gasteiger partial charge in [0, 0.05) is 19.1 Å². The lowest BCUT2D eigenvalue weighted by atomic mass is 9.65. The van der Waals surface area contributed by atoms with Crippen LogP contribution in [0.15, 0.2) is 0 Å². The van der Waals surface area contributed by atoms with Gasteiger partial charge in [-0.3, -0.25) is 0 Å². The SMILES string of the molecule is CCOC(=O)N1CCC2(CC(NCCC(C)C)C2)C1. The minimum absolute atomic E-state index is 0.129. The number of nitrogens with one attached hydrogen (secondary N) is 1.